The molecule has 0 spiro atoms. The van der Waals surface area contributed by atoms with E-state index in [1.807, 2.05) is 0 Å². The first-order valence-electron chi connectivity index (χ1n) is 7.21. The van der Waals surface area contributed by atoms with E-state index in [-0.39, 0.29) is 24.5 Å². The first-order valence-corrected chi connectivity index (χ1v) is 7.21. The number of hydrogen-bond donors (Lipinski definition) is 2. The van der Waals surface area contributed by atoms with Crippen LogP contribution in [0.3, 0.4) is 0 Å². The molecule has 0 radical (unpaired) electrons. The summed E-state index contributed by atoms with van der Waals surface area (Å²) in [5.74, 6) is 2.02. The number of fused-ring (bicyclic) bond motifs is 2. The number of rotatable bonds is 5. The van der Waals surface area contributed by atoms with Crippen LogP contribution in [-0.4, -0.2) is 31.7 Å². The summed E-state index contributed by atoms with van der Waals surface area (Å²) in [4.78, 5) is 22.6. The second-order valence-electron chi connectivity index (χ2n) is 5.85. The molecule has 0 aromatic carbocycles. The van der Waals surface area contributed by atoms with E-state index in [0.29, 0.717) is 12.5 Å². The summed E-state index contributed by atoms with van der Waals surface area (Å²) < 4.78 is 4.52. The van der Waals surface area contributed by atoms with Crippen molar-refractivity contribution < 1.29 is 14.3 Å². The van der Waals surface area contributed by atoms with Gasteiger partial charge in [0.15, 0.2) is 0 Å². The monoisotopic (exact) mass is 268 g/mol. The number of amides is 2. The van der Waals surface area contributed by atoms with Gasteiger partial charge in [0, 0.05) is 12.6 Å². The van der Waals surface area contributed by atoms with Crippen molar-refractivity contribution in [1.82, 2.24) is 10.6 Å². The molecule has 0 aromatic rings. The molecule has 2 N–H and O–H groups in total. The van der Waals surface area contributed by atoms with Crippen molar-refractivity contribution >= 4 is 12.0 Å². The molecule has 4 unspecified atom stereocenters. The first-order chi connectivity index (χ1) is 9.10. The molecular formula is C14H24N2O3. The van der Waals surface area contributed by atoms with Gasteiger partial charge in [-0.1, -0.05) is 6.42 Å². The van der Waals surface area contributed by atoms with Gasteiger partial charge in [0.25, 0.3) is 0 Å². The lowest BCUT2D eigenvalue weighted by Gasteiger charge is -2.28. The number of carbonyl (C=O) groups excluding carboxylic acids is 2. The van der Waals surface area contributed by atoms with Gasteiger partial charge in [0.05, 0.1) is 13.5 Å². The molecule has 108 valence electrons. The van der Waals surface area contributed by atoms with Gasteiger partial charge >= 0.3 is 12.0 Å². The van der Waals surface area contributed by atoms with Crippen LogP contribution in [0.25, 0.3) is 0 Å². The zero-order valence-corrected chi connectivity index (χ0v) is 11.8. The molecule has 5 heteroatoms. The van der Waals surface area contributed by atoms with Gasteiger partial charge in [0.1, 0.15) is 0 Å². The zero-order chi connectivity index (χ0) is 13.8. The summed E-state index contributed by atoms with van der Waals surface area (Å²) in [6, 6.07) is 0.0348. The quantitative estimate of drug-likeness (QED) is 0.745. The average molecular weight is 268 g/mol. The maximum atomic E-state index is 11.7. The van der Waals surface area contributed by atoms with Crippen LogP contribution >= 0.6 is 0 Å². The Morgan fingerprint density at radius 2 is 2.11 bits per heavy atom. The molecule has 2 saturated carbocycles. The van der Waals surface area contributed by atoms with E-state index >= 15 is 0 Å². The Balaban J connectivity index is 1.66. The summed E-state index contributed by atoms with van der Waals surface area (Å²) in [6.07, 6.45) is 5.52. The van der Waals surface area contributed by atoms with E-state index in [0.717, 1.165) is 11.8 Å². The molecule has 0 heterocycles. The highest BCUT2D eigenvalue weighted by molar-refractivity contribution is 5.75. The van der Waals surface area contributed by atoms with Crippen molar-refractivity contribution in [3.05, 3.63) is 0 Å². The van der Waals surface area contributed by atoms with Crippen LogP contribution in [0.1, 0.15) is 39.0 Å². The normalized spacial score (nSPS) is 29.9. The third-order valence-corrected chi connectivity index (χ3v) is 4.64. The Bertz CT molecular complexity index is 346. The number of esters is 1. The highest BCUT2D eigenvalue weighted by Gasteiger charge is 2.42. The Hall–Kier alpha value is -1.26. The fraction of sp³-hybridized carbons (Fsp3) is 0.857. The third kappa shape index (κ3) is 3.61. The number of ether oxygens (including phenoxy) is 1. The fourth-order valence-corrected chi connectivity index (χ4v) is 3.65. The second-order valence-corrected chi connectivity index (χ2v) is 5.85. The van der Waals surface area contributed by atoms with Crippen molar-refractivity contribution in [2.75, 3.05) is 13.7 Å². The molecule has 0 aliphatic heterocycles. The van der Waals surface area contributed by atoms with Gasteiger partial charge in [-0.15, -0.1) is 0 Å². The van der Waals surface area contributed by atoms with Crippen molar-refractivity contribution in [2.45, 2.75) is 45.1 Å². The van der Waals surface area contributed by atoms with Gasteiger partial charge in [-0.25, -0.2) is 4.79 Å². The highest BCUT2D eigenvalue weighted by atomic mass is 16.5. The summed E-state index contributed by atoms with van der Waals surface area (Å²) in [7, 11) is 1.35. The van der Waals surface area contributed by atoms with Gasteiger partial charge in [-0.2, -0.15) is 0 Å². The predicted molar refractivity (Wildman–Crippen MR) is 71.6 cm³/mol. The van der Waals surface area contributed by atoms with Crippen LogP contribution in [0.4, 0.5) is 4.79 Å². The van der Waals surface area contributed by atoms with Gasteiger partial charge in [-0.05, 0) is 43.9 Å². The average Bonchev–Trinajstić information content (AvgIpc) is 3.00. The van der Waals surface area contributed by atoms with E-state index in [2.05, 4.69) is 22.3 Å². The Morgan fingerprint density at radius 1 is 1.32 bits per heavy atom. The standard InChI is InChI=1S/C14H24N2O3/c1-9(12-8-10-3-4-11(12)7-10)16-14(18)15-6-5-13(17)19-2/h9-12H,3-8H2,1-2H3,(H2,15,16,18). The Kier molecular flexibility index (Phi) is 4.66. The molecule has 0 saturated heterocycles. The number of nitrogens with one attached hydrogen (secondary N) is 2. The minimum Gasteiger partial charge on any atom is -0.469 e. The molecule has 2 aliphatic carbocycles. The van der Waals surface area contributed by atoms with E-state index in [1.54, 1.807) is 0 Å². The maximum absolute atomic E-state index is 11.7. The van der Waals surface area contributed by atoms with Gasteiger partial charge in [0.2, 0.25) is 0 Å². The number of urea groups is 1. The topological polar surface area (TPSA) is 67.4 Å². The fourth-order valence-electron chi connectivity index (χ4n) is 3.65. The molecular weight excluding hydrogens is 244 g/mol. The van der Waals surface area contributed by atoms with Crippen LogP contribution in [0.15, 0.2) is 0 Å². The third-order valence-electron chi connectivity index (χ3n) is 4.64. The van der Waals surface area contributed by atoms with E-state index < -0.39 is 0 Å². The molecule has 0 aromatic heterocycles. The largest absolute Gasteiger partial charge is 0.469 e. The van der Waals surface area contributed by atoms with E-state index in [1.165, 1.54) is 32.8 Å². The van der Waals surface area contributed by atoms with Crippen molar-refractivity contribution in [2.24, 2.45) is 17.8 Å². The second kappa shape index (κ2) is 6.26. The van der Waals surface area contributed by atoms with Crippen LogP contribution in [-0.2, 0) is 9.53 Å². The number of methoxy groups -OCH3 is 1. The lowest BCUT2D eigenvalue weighted by atomic mass is 9.84. The van der Waals surface area contributed by atoms with Gasteiger partial charge in [-0.3, -0.25) is 4.79 Å². The lowest BCUT2D eigenvalue weighted by Crippen LogP contribution is -2.45. The predicted octanol–water partition coefficient (Wildman–Crippen LogP) is 1.67. The van der Waals surface area contributed by atoms with Crippen LogP contribution < -0.4 is 10.6 Å². The summed E-state index contributed by atoms with van der Waals surface area (Å²) in [5.41, 5.74) is 0. The molecule has 2 rings (SSSR count). The maximum Gasteiger partial charge on any atom is 0.315 e. The van der Waals surface area contributed by atoms with E-state index in [4.69, 9.17) is 0 Å². The van der Waals surface area contributed by atoms with Crippen LogP contribution in [0.2, 0.25) is 0 Å². The SMILES string of the molecule is COC(=O)CCNC(=O)NC(C)C1CC2CCC1C2. The van der Waals surface area contributed by atoms with Crippen LogP contribution in [0.5, 0.6) is 0 Å². The zero-order valence-electron chi connectivity index (χ0n) is 11.8. The van der Waals surface area contributed by atoms with Crippen molar-refractivity contribution in [1.29, 1.82) is 0 Å². The molecule has 4 atom stereocenters. The summed E-state index contributed by atoms with van der Waals surface area (Å²) in [6.45, 7) is 2.41. The van der Waals surface area contributed by atoms with E-state index in [9.17, 15) is 9.59 Å². The minimum atomic E-state index is -0.304. The Labute approximate surface area is 114 Å². The number of carbonyl (C=O) groups is 2. The molecule has 2 amide bonds. The number of hydrogen-bond acceptors (Lipinski definition) is 3. The van der Waals surface area contributed by atoms with Crippen molar-refractivity contribution in [3.8, 4) is 0 Å². The Morgan fingerprint density at radius 3 is 2.68 bits per heavy atom. The van der Waals surface area contributed by atoms with Crippen LogP contribution in [0, 0.1) is 17.8 Å². The molecule has 2 aliphatic rings. The smallest absolute Gasteiger partial charge is 0.315 e. The highest BCUT2D eigenvalue weighted by Crippen LogP contribution is 2.49. The molecule has 5 nitrogen and oxygen atoms in total. The molecule has 2 bridgehead atoms. The first kappa shape index (κ1) is 14.2. The summed E-state index contributed by atoms with van der Waals surface area (Å²) >= 11 is 0. The van der Waals surface area contributed by atoms with Crippen molar-refractivity contribution in [3.63, 3.8) is 0 Å². The molecule has 2 fully saturated rings. The summed E-state index contributed by atoms with van der Waals surface area (Å²) in [5, 5.41) is 5.69. The minimum absolute atomic E-state index is 0.181. The molecule has 19 heavy (non-hydrogen) atoms. The lowest BCUT2D eigenvalue weighted by molar-refractivity contribution is -0.140. The van der Waals surface area contributed by atoms with Gasteiger partial charge < -0.3 is 15.4 Å².